The second kappa shape index (κ2) is 8.82. The Morgan fingerprint density at radius 1 is 1.00 bits per heavy atom. The molecule has 1 N–H and O–H groups in total. The van der Waals surface area contributed by atoms with Gasteiger partial charge in [0.1, 0.15) is 17.2 Å². The molecule has 0 aliphatic heterocycles. The van der Waals surface area contributed by atoms with Gasteiger partial charge in [0.15, 0.2) is 6.61 Å². The number of carbonyl (C=O) groups excluding carboxylic acids is 1. The van der Waals surface area contributed by atoms with Crippen molar-refractivity contribution in [3.8, 4) is 17.2 Å². The summed E-state index contributed by atoms with van der Waals surface area (Å²) in [6.45, 7) is 2.37. The van der Waals surface area contributed by atoms with Crippen LogP contribution >= 0.6 is 0 Å². The molecule has 0 aliphatic carbocycles. The lowest BCUT2D eigenvalue weighted by Crippen LogP contribution is -2.28. The van der Waals surface area contributed by atoms with Gasteiger partial charge in [-0.1, -0.05) is 25.1 Å². The van der Waals surface area contributed by atoms with Gasteiger partial charge in [-0.05, 0) is 36.2 Å². The van der Waals surface area contributed by atoms with Crippen molar-refractivity contribution in [2.24, 2.45) is 0 Å². The molecule has 0 radical (unpaired) electrons. The maximum atomic E-state index is 12.0. The van der Waals surface area contributed by atoms with Crippen LogP contribution < -0.4 is 19.5 Å². The molecule has 2 aromatic rings. The molecule has 5 heteroatoms. The Labute approximate surface area is 142 Å². The third-order valence-electron chi connectivity index (χ3n) is 3.68. The summed E-state index contributed by atoms with van der Waals surface area (Å²) in [7, 11) is 3.20. The van der Waals surface area contributed by atoms with Crippen molar-refractivity contribution in [3.05, 3.63) is 53.6 Å². The number of benzene rings is 2. The third kappa shape index (κ3) is 4.65. The number of carbonyl (C=O) groups is 1. The van der Waals surface area contributed by atoms with Gasteiger partial charge >= 0.3 is 0 Å². The molecule has 0 atom stereocenters. The van der Waals surface area contributed by atoms with Gasteiger partial charge in [-0.2, -0.15) is 0 Å². The normalized spacial score (nSPS) is 10.1. The summed E-state index contributed by atoms with van der Waals surface area (Å²) in [5.74, 6) is 1.97. The summed E-state index contributed by atoms with van der Waals surface area (Å²) in [5, 5.41) is 2.83. The van der Waals surface area contributed by atoms with Crippen LogP contribution in [0.5, 0.6) is 17.2 Å². The van der Waals surface area contributed by atoms with Gasteiger partial charge in [-0.25, -0.2) is 0 Å². The van der Waals surface area contributed by atoms with E-state index in [4.69, 9.17) is 14.2 Å². The monoisotopic (exact) mass is 329 g/mol. The van der Waals surface area contributed by atoms with E-state index in [1.54, 1.807) is 14.2 Å². The fourth-order valence-electron chi connectivity index (χ4n) is 2.34. The Kier molecular flexibility index (Phi) is 6.49. The number of ether oxygens (including phenoxy) is 3. The Morgan fingerprint density at radius 3 is 2.50 bits per heavy atom. The van der Waals surface area contributed by atoms with E-state index >= 15 is 0 Å². The molecule has 24 heavy (non-hydrogen) atoms. The lowest BCUT2D eigenvalue weighted by Gasteiger charge is -2.13. The van der Waals surface area contributed by atoms with E-state index in [0.717, 1.165) is 23.3 Å². The topological polar surface area (TPSA) is 56.8 Å². The van der Waals surface area contributed by atoms with Gasteiger partial charge in [0.25, 0.3) is 5.91 Å². The van der Waals surface area contributed by atoms with E-state index in [1.165, 1.54) is 0 Å². The first kappa shape index (κ1) is 17.7. The van der Waals surface area contributed by atoms with E-state index in [1.807, 2.05) is 42.5 Å². The van der Waals surface area contributed by atoms with E-state index in [-0.39, 0.29) is 12.5 Å². The molecule has 0 unspecified atom stereocenters. The number of amides is 1. The zero-order valence-electron chi connectivity index (χ0n) is 14.3. The first-order valence-corrected chi connectivity index (χ1v) is 7.86. The van der Waals surface area contributed by atoms with Crippen LogP contribution in [0.25, 0.3) is 0 Å². The fraction of sp³-hybridized carbons (Fsp3) is 0.316. The number of nitrogens with one attached hydrogen (secondary N) is 1. The zero-order chi connectivity index (χ0) is 17.4. The summed E-state index contributed by atoms with van der Waals surface area (Å²) >= 11 is 0. The van der Waals surface area contributed by atoms with Crippen LogP contribution in [0.1, 0.15) is 18.1 Å². The molecule has 0 aliphatic rings. The van der Waals surface area contributed by atoms with Crippen LogP contribution in [-0.4, -0.2) is 26.7 Å². The first-order chi connectivity index (χ1) is 11.7. The smallest absolute Gasteiger partial charge is 0.258 e. The van der Waals surface area contributed by atoms with Crippen molar-refractivity contribution in [3.63, 3.8) is 0 Å². The van der Waals surface area contributed by atoms with Crippen LogP contribution in [0.2, 0.25) is 0 Å². The molecule has 128 valence electrons. The average Bonchev–Trinajstić information content (AvgIpc) is 2.64. The van der Waals surface area contributed by atoms with Crippen molar-refractivity contribution < 1.29 is 19.0 Å². The second-order valence-electron chi connectivity index (χ2n) is 5.20. The highest BCUT2D eigenvalue weighted by Crippen LogP contribution is 2.23. The molecule has 5 nitrogen and oxygen atoms in total. The Bertz CT molecular complexity index is 685. The molecule has 0 saturated carbocycles. The van der Waals surface area contributed by atoms with Gasteiger partial charge in [0, 0.05) is 12.1 Å². The van der Waals surface area contributed by atoms with Crippen LogP contribution in [0, 0.1) is 0 Å². The number of para-hydroxylation sites is 1. The molecule has 0 fully saturated rings. The molecule has 2 rings (SSSR count). The maximum absolute atomic E-state index is 12.0. The number of rotatable bonds is 8. The quantitative estimate of drug-likeness (QED) is 0.809. The summed E-state index contributed by atoms with van der Waals surface area (Å²) in [6, 6.07) is 13.2. The fourth-order valence-corrected chi connectivity index (χ4v) is 2.34. The maximum Gasteiger partial charge on any atom is 0.258 e. The lowest BCUT2D eigenvalue weighted by atomic mass is 10.1. The second-order valence-corrected chi connectivity index (χ2v) is 5.20. The van der Waals surface area contributed by atoms with E-state index in [2.05, 4.69) is 12.2 Å². The van der Waals surface area contributed by atoms with Gasteiger partial charge in [-0.3, -0.25) is 4.79 Å². The molecule has 0 saturated heterocycles. The van der Waals surface area contributed by atoms with E-state index < -0.39 is 0 Å². The van der Waals surface area contributed by atoms with Crippen molar-refractivity contribution in [1.29, 1.82) is 0 Å². The highest BCUT2D eigenvalue weighted by atomic mass is 16.5. The van der Waals surface area contributed by atoms with Crippen molar-refractivity contribution in [2.45, 2.75) is 19.9 Å². The van der Waals surface area contributed by atoms with Gasteiger partial charge in [0.05, 0.1) is 14.2 Å². The SMILES string of the molecule is CCc1ccccc1OCC(=O)NCc1cc(OC)ccc1OC. The van der Waals surface area contributed by atoms with Gasteiger partial charge in [0.2, 0.25) is 0 Å². The van der Waals surface area contributed by atoms with Crippen molar-refractivity contribution in [2.75, 3.05) is 20.8 Å². The molecule has 0 bridgehead atoms. The minimum absolute atomic E-state index is 0.0245. The van der Waals surface area contributed by atoms with Crippen molar-refractivity contribution in [1.82, 2.24) is 5.32 Å². The molecule has 1 amide bonds. The number of methoxy groups -OCH3 is 2. The van der Waals surface area contributed by atoms with E-state index in [9.17, 15) is 4.79 Å². The molecular formula is C19H23NO4. The van der Waals surface area contributed by atoms with Crippen LogP contribution in [0.15, 0.2) is 42.5 Å². The van der Waals surface area contributed by atoms with Crippen LogP contribution in [-0.2, 0) is 17.8 Å². The Hall–Kier alpha value is -2.69. The zero-order valence-corrected chi connectivity index (χ0v) is 14.3. The average molecular weight is 329 g/mol. The first-order valence-electron chi connectivity index (χ1n) is 7.86. The van der Waals surface area contributed by atoms with Crippen molar-refractivity contribution >= 4 is 5.91 Å². The van der Waals surface area contributed by atoms with Crippen LogP contribution in [0.4, 0.5) is 0 Å². The van der Waals surface area contributed by atoms with Gasteiger partial charge < -0.3 is 19.5 Å². The largest absolute Gasteiger partial charge is 0.497 e. The third-order valence-corrected chi connectivity index (χ3v) is 3.68. The highest BCUT2D eigenvalue weighted by molar-refractivity contribution is 5.77. The van der Waals surface area contributed by atoms with E-state index in [0.29, 0.717) is 18.0 Å². The highest BCUT2D eigenvalue weighted by Gasteiger charge is 2.09. The van der Waals surface area contributed by atoms with Gasteiger partial charge in [-0.15, -0.1) is 0 Å². The summed E-state index contributed by atoms with van der Waals surface area (Å²) in [6.07, 6.45) is 0.860. The number of aryl methyl sites for hydroxylation is 1. The minimum atomic E-state index is -0.189. The minimum Gasteiger partial charge on any atom is -0.497 e. The number of hydrogen-bond donors (Lipinski definition) is 1. The molecule has 0 aromatic heterocycles. The summed E-state index contributed by atoms with van der Waals surface area (Å²) in [4.78, 5) is 12.0. The van der Waals surface area contributed by atoms with Crippen LogP contribution in [0.3, 0.4) is 0 Å². The Balaban J connectivity index is 1.91. The predicted molar refractivity (Wildman–Crippen MR) is 92.7 cm³/mol. The molecule has 2 aromatic carbocycles. The summed E-state index contributed by atoms with van der Waals surface area (Å²) in [5.41, 5.74) is 1.93. The summed E-state index contributed by atoms with van der Waals surface area (Å²) < 4.78 is 16.1. The molecule has 0 spiro atoms. The lowest BCUT2D eigenvalue weighted by molar-refractivity contribution is -0.123. The Morgan fingerprint density at radius 2 is 1.79 bits per heavy atom. The number of hydrogen-bond acceptors (Lipinski definition) is 4. The molecular weight excluding hydrogens is 306 g/mol. The predicted octanol–water partition coefficient (Wildman–Crippen LogP) is 2.96. The standard InChI is InChI=1S/C19H23NO4/c1-4-14-7-5-6-8-18(14)24-13-19(21)20-12-15-11-16(22-2)9-10-17(15)23-3/h5-11H,4,12-13H2,1-3H3,(H,20,21). The molecule has 0 heterocycles.